The van der Waals surface area contributed by atoms with Gasteiger partial charge in [-0.25, -0.2) is 4.98 Å². The van der Waals surface area contributed by atoms with Crippen LogP contribution in [0, 0.1) is 11.8 Å². The van der Waals surface area contributed by atoms with Gasteiger partial charge in [0.2, 0.25) is 0 Å². The summed E-state index contributed by atoms with van der Waals surface area (Å²) in [5.74, 6) is 0.590. The van der Waals surface area contributed by atoms with Gasteiger partial charge in [0.25, 0.3) is 11.8 Å². The monoisotopic (exact) mass is 305 g/mol. The predicted octanol–water partition coefficient (Wildman–Crippen LogP) is 2.63. The van der Waals surface area contributed by atoms with Crippen LogP contribution in [0.1, 0.15) is 61.5 Å². The van der Waals surface area contributed by atoms with E-state index in [-0.39, 0.29) is 23.2 Å². The fraction of sp³-hybridized carbons (Fsp3) is 0.588. The number of carbonyl (C=O) groups is 2. The number of carbonyl (C=O) groups excluding carboxylic acids is 2. The molecule has 0 atom stereocenters. The van der Waals surface area contributed by atoms with Crippen molar-refractivity contribution in [2.24, 2.45) is 11.8 Å². The normalized spacial score (nSPS) is 10.8. The lowest BCUT2D eigenvalue weighted by Crippen LogP contribution is -2.29. The van der Waals surface area contributed by atoms with Gasteiger partial charge in [-0.2, -0.15) is 0 Å². The van der Waals surface area contributed by atoms with Crippen molar-refractivity contribution in [1.82, 2.24) is 15.6 Å². The van der Waals surface area contributed by atoms with Crippen LogP contribution in [0.25, 0.3) is 0 Å². The Labute approximate surface area is 132 Å². The number of pyridine rings is 1. The summed E-state index contributed by atoms with van der Waals surface area (Å²) >= 11 is 0. The van der Waals surface area contributed by atoms with Gasteiger partial charge in [0, 0.05) is 13.1 Å². The van der Waals surface area contributed by atoms with Gasteiger partial charge in [-0.3, -0.25) is 9.59 Å². The maximum Gasteiger partial charge on any atom is 0.269 e. The van der Waals surface area contributed by atoms with Crippen LogP contribution in [0.15, 0.2) is 18.2 Å². The van der Waals surface area contributed by atoms with E-state index in [1.807, 2.05) is 0 Å². The Bertz CT molecular complexity index is 457. The van der Waals surface area contributed by atoms with Crippen LogP contribution >= 0.6 is 0 Å². The Balaban J connectivity index is 2.57. The van der Waals surface area contributed by atoms with Gasteiger partial charge in [0.15, 0.2) is 0 Å². The van der Waals surface area contributed by atoms with Crippen molar-refractivity contribution in [3.8, 4) is 0 Å². The largest absolute Gasteiger partial charge is 0.351 e. The highest BCUT2D eigenvalue weighted by Crippen LogP contribution is 2.02. The Morgan fingerprint density at radius 3 is 1.68 bits per heavy atom. The van der Waals surface area contributed by atoms with E-state index in [2.05, 4.69) is 43.3 Å². The molecule has 1 aromatic heterocycles. The number of nitrogens with zero attached hydrogens (tertiary/aromatic N) is 1. The summed E-state index contributed by atoms with van der Waals surface area (Å²) in [5, 5.41) is 5.64. The van der Waals surface area contributed by atoms with Crippen LogP contribution in [0.4, 0.5) is 0 Å². The Morgan fingerprint density at radius 1 is 0.909 bits per heavy atom. The van der Waals surface area contributed by atoms with Gasteiger partial charge in [-0.15, -0.1) is 0 Å². The first-order valence-electron chi connectivity index (χ1n) is 7.93. The molecule has 1 aromatic rings. The molecule has 1 heterocycles. The molecule has 2 N–H and O–H groups in total. The summed E-state index contributed by atoms with van der Waals surface area (Å²) in [6.45, 7) is 9.64. The van der Waals surface area contributed by atoms with Crippen molar-refractivity contribution in [3.63, 3.8) is 0 Å². The van der Waals surface area contributed by atoms with E-state index >= 15 is 0 Å². The highest BCUT2D eigenvalue weighted by molar-refractivity contribution is 5.96. The minimum Gasteiger partial charge on any atom is -0.351 e. The smallest absolute Gasteiger partial charge is 0.269 e. The molecule has 0 spiro atoms. The third-order valence-corrected chi connectivity index (χ3v) is 3.23. The molecule has 0 aromatic carbocycles. The van der Waals surface area contributed by atoms with Gasteiger partial charge < -0.3 is 10.6 Å². The molecule has 1 rings (SSSR count). The van der Waals surface area contributed by atoms with E-state index in [9.17, 15) is 9.59 Å². The number of hydrogen-bond donors (Lipinski definition) is 2. The molecule has 22 heavy (non-hydrogen) atoms. The summed E-state index contributed by atoms with van der Waals surface area (Å²) in [6.07, 6.45) is 1.84. The second-order valence-corrected chi connectivity index (χ2v) is 6.28. The quantitative estimate of drug-likeness (QED) is 0.775. The molecule has 122 valence electrons. The van der Waals surface area contributed by atoms with Crippen molar-refractivity contribution in [1.29, 1.82) is 0 Å². The van der Waals surface area contributed by atoms with Gasteiger partial charge in [0.05, 0.1) is 0 Å². The van der Waals surface area contributed by atoms with E-state index in [1.54, 1.807) is 18.2 Å². The molecule has 0 aliphatic carbocycles. The van der Waals surface area contributed by atoms with E-state index < -0.39 is 0 Å². The molecule has 0 aliphatic heterocycles. The van der Waals surface area contributed by atoms with Crippen LogP contribution in [-0.2, 0) is 0 Å². The number of nitrogens with one attached hydrogen (secondary N) is 2. The lowest BCUT2D eigenvalue weighted by atomic mass is 10.1. The number of amides is 2. The van der Waals surface area contributed by atoms with Crippen molar-refractivity contribution >= 4 is 11.8 Å². The molecule has 0 saturated heterocycles. The predicted molar refractivity (Wildman–Crippen MR) is 87.8 cm³/mol. The molecule has 0 saturated carbocycles. The molecule has 2 amide bonds. The van der Waals surface area contributed by atoms with Crippen molar-refractivity contribution in [3.05, 3.63) is 29.6 Å². The van der Waals surface area contributed by atoms with Crippen LogP contribution in [0.3, 0.4) is 0 Å². The highest BCUT2D eigenvalue weighted by Gasteiger charge is 2.12. The third-order valence-electron chi connectivity index (χ3n) is 3.23. The highest BCUT2D eigenvalue weighted by atomic mass is 16.2. The lowest BCUT2D eigenvalue weighted by molar-refractivity contribution is 0.0943. The molecule has 5 nitrogen and oxygen atoms in total. The van der Waals surface area contributed by atoms with E-state index in [1.165, 1.54) is 0 Å². The standard InChI is InChI=1S/C17H27N3O2/c1-12(2)8-10-18-16(21)14-6-5-7-15(20-14)17(22)19-11-9-13(3)4/h5-7,12-13H,8-11H2,1-4H3,(H,18,21)(H,19,22). The molecule has 0 bridgehead atoms. The lowest BCUT2D eigenvalue weighted by Gasteiger charge is -2.09. The summed E-state index contributed by atoms with van der Waals surface area (Å²) in [7, 11) is 0. The topological polar surface area (TPSA) is 71.1 Å². The van der Waals surface area contributed by atoms with E-state index in [4.69, 9.17) is 0 Å². The maximum absolute atomic E-state index is 12.0. The average molecular weight is 305 g/mol. The molecular formula is C17H27N3O2. The first kappa shape index (κ1) is 18.1. The zero-order chi connectivity index (χ0) is 16.5. The fourth-order valence-electron chi connectivity index (χ4n) is 1.82. The van der Waals surface area contributed by atoms with Crippen LogP contribution in [-0.4, -0.2) is 29.9 Å². The SMILES string of the molecule is CC(C)CCNC(=O)c1cccc(C(=O)NCCC(C)C)n1. The summed E-state index contributed by atoms with van der Waals surface area (Å²) in [5.41, 5.74) is 0.556. The minimum atomic E-state index is -0.238. The van der Waals surface area contributed by atoms with Gasteiger partial charge in [-0.05, 0) is 36.8 Å². The Morgan fingerprint density at radius 2 is 1.32 bits per heavy atom. The Kier molecular flexibility index (Phi) is 7.57. The fourth-order valence-corrected chi connectivity index (χ4v) is 1.82. The first-order valence-corrected chi connectivity index (χ1v) is 7.93. The zero-order valence-corrected chi connectivity index (χ0v) is 14.0. The second-order valence-electron chi connectivity index (χ2n) is 6.28. The van der Waals surface area contributed by atoms with Crippen molar-refractivity contribution < 1.29 is 9.59 Å². The van der Waals surface area contributed by atoms with Crippen LogP contribution < -0.4 is 10.6 Å². The maximum atomic E-state index is 12.0. The molecule has 0 fully saturated rings. The van der Waals surface area contributed by atoms with Crippen molar-refractivity contribution in [2.45, 2.75) is 40.5 Å². The zero-order valence-electron chi connectivity index (χ0n) is 14.0. The third kappa shape index (κ3) is 6.70. The van der Waals surface area contributed by atoms with Crippen LogP contribution in [0.5, 0.6) is 0 Å². The van der Waals surface area contributed by atoms with E-state index in [0.29, 0.717) is 24.9 Å². The van der Waals surface area contributed by atoms with Crippen molar-refractivity contribution in [2.75, 3.05) is 13.1 Å². The number of hydrogen-bond acceptors (Lipinski definition) is 3. The summed E-state index contributed by atoms with van der Waals surface area (Å²) in [4.78, 5) is 28.1. The summed E-state index contributed by atoms with van der Waals surface area (Å²) < 4.78 is 0. The summed E-state index contributed by atoms with van der Waals surface area (Å²) in [6, 6.07) is 4.92. The molecular weight excluding hydrogens is 278 g/mol. The second kappa shape index (κ2) is 9.18. The van der Waals surface area contributed by atoms with Gasteiger partial charge in [0.1, 0.15) is 11.4 Å². The molecule has 0 aliphatic rings. The van der Waals surface area contributed by atoms with Crippen LogP contribution in [0.2, 0.25) is 0 Å². The molecule has 5 heteroatoms. The molecule has 0 unspecified atom stereocenters. The number of aromatic nitrogens is 1. The minimum absolute atomic E-state index is 0.238. The van der Waals surface area contributed by atoms with Gasteiger partial charge in [-0.1, -0.05) is 33.8 Å². The number of rotatable bonds is 8. The van der Waals surface area contributed by atoms with Gasteiger partial charge >= 0.3 is 0 Å². The Hall–Kier alpha value is -1.91. The van der Waals surface area contributed by atoms with E-state index in [0.717, 1.165) is 12.8 Å². The molecule has 0 radical (unpaired) electrons. The first-order chi connectivity index (χ1) is 10.4. The average Bonchev–Trinajstić information content (AvgIpc) is 2.46.